The summed E-state index contributed by atoms with van der Waals surface area (Å²) in [6.07, 6.45) is -3.61. The maximum atomic E-state index is 12.4. The van der Waals surface area contributed by atoms with Crippen LogP contribution in [0.15, 0.2) is 12.1 Å². The molecule has 8 heteroatoms. The van der Waals surface area contributed by atoms with Gasteiger partial charge in [0.15, 0.2) is 0 Å². The average Bonchev–Trinajstić information content (AvgIpc) is 2.32. The summed E-state index contributed by atoms with van der Waals surface area (Å²) in [6, 6.07) is 2.13. The molecule has 0 aliphatic carbocycles. The van der Waals surface area contributed by atoms with E-state index in [1.165, 1.54) is 0 Å². The van der Waals surface area contributed by atoms with Crippen LogP contribution in [0.3, 0.4) is 0 Å². The Labute approximate surface area is 116 Å². The largest absolute Gasteiger partial charge is 0.403 e. The van der Waals surface area contributed by atoms with Crippen LogP contribution in [0.25, 0.3) is 0 Å². The Hall–Kier alpha value is -0.640. The number of piperidine rings is 1. The highest BCUT2D eigenvalue weighted by atomic mass is 127. The maximum Gasteiger partial charge on any atom is 0.403 e. The fourth-order valence-corrected chi connectivity index (χ4v) is 2.15. The molecule has 0 radical (unpaired) electrons. The SMILES string of the molecule is FC(F)(F)C1CCC(Nc2ccc(I)nn2)CN1. The van der Waals surface area contributed by atoms with Crippen molar-refractivity contribution in [1.29, 1.82) is 0 Å². The summed E-state index contributed by atoms with van der Waals surface area (Å²) in [5, 5.41) is 13.4. The minimum atomic E-state index is -4.16. The van der Waals surface area contributed by atoms with E-state index in [1.807, 2.05) is 22.6 Å². The Morgan fingerprint density at radius 3 is 2.56 bits per heavy atom. The molecule has 2 unspecified atom stereocenters. The molecule has 1 aromatic rings. The molecule has 2 rings (SSSR count). The Morgan fingerprint density at radius 2 is 2.06 bits per heavy atom. The fourth-order valence-electron chi connectivity index (χ4n) is 1.86. The van der Waals surface area contributed by atoms with Crippen LogP contribution in [0.4, 0.5) is 19.0 Å². The lowest BCUT2D eigenvalue weighted by Gasteiger charge is -2.31. The molecular formula is C10H12F3IN4. The van der Waals surface area contributed by atoms with Gasteiger partial charge in [-0.25, -0.2) is 0 Å². The summed E-state index contributed by atoms with van der Waals surface area (Å²) in [5.74, 6) is 0.590. The molecule has 0 saturated carbocycles. The lowest BCUT2D eigenvalue weighted by Crippen LogP contribution is -2.51. The first-order chi connectivity index (χ1) is 8.45. The van der Waals surface area contributed by atoms with Gasteiger partial charge in [-0.2, -0.15) is 13.2 Å². The number of hydrogen-bond acceptors (Lipinski definition) is 4. The zero-order valence-electron chi connectivity index (χ0n) is 9.34. The van der Waals surface area contributed by atoms with Crippen LogP contribution in [0, 0.1) is 3.70 Å². The van der Waals surface area contributed by atoms with Gasteiger partial charge in [0, 0.05) is 12.6 Å². The molecule has 18 heavy (non-hydrogen) atoms. The van der Waals surface area contributed by atoms with Gasteiger partial charge in [-0.3, -0.25) is 0 Å². The minimum absolute atomic E-state index is 0.0436. The zero-order valence-corrected chi connectivity index (χ0v) is 11.5. The van der Waals surface area contributed by atoms with Gasteiger partial charge >= 0.3 is 6.18 Å². The van der Waals surface area contributed by atoms with Gasteiger partial charge in [0.05, 0.1) is 0 Å². The predicted octanol–water partition coefficient (Wildman–Crippen LogP) is 2.18. The van der Waals surface area contributed by atoms with Crippen LogP contribution in [-0.4, -0.2) is 35.0 Å². The van der Waals surface area contributed by atoms with Crippen LogP contribution in [-0.2, 0) is 0 Å². The topological polar surface area (TPSA) is 49.8 Å². The minimum Gasteiger partial charge on any atom is -0.365 e. The summed E-state index contributed by atoms with van der Waals surface area (Å²) in [4.78, 5) is 0. The number of aromatic nitrogens is 2. The third kappa shape index (κ3) is 3.67. The highest BCUT2D eigenvalue weighted by molar-refractivity contribution is 14.1. The van der Waals surface area contributed by atoms with Gasteiger partial charge in [-0.1, -0.05) is 0 Å². The molecule has 2 atom stereocenters. The van der Waals surface area contributed by atoms with Crippen LogP contribution in [0.1, 0.15) is 12.8 Å². The van der Waals surface area contributed by atoms with Crippen molar-refractivity contribution in [2.24, 2.45) is 0 Å². The molecule has 100 valence electrons. The van der Waals surface area contributed by atoms with Gasteiger partial charge < -0.3 is 10.6 Å². The van der Waals surface area contributed by atoms with Crippen molar-refractivity contribution in [2.75, 3.05) is 11.9 Å². The second-order valence-electron chi connectivity index (χ2n) is 4.16. The van der Waals surface area contributed by atoms with Gasteiger partial charge in [0.2, 0.25) is 0 Å². The number of nitrogens with zero attached hydrogens (tertiary/aromatic N) is 2. The first-order valence-electron chi connectivity index (χ1n) is 5.51. The highest BCUT2D eigenvalue weighted by Crippen LogP contribution is 2.26. The molecule has 2 heterocycles. The number of nitrogens with one attached hydrogen (secondary N) is 2. The number of hydrogen-bond donors (Lipinski definition) is 2. The van der Waals surface area contributed by atoms with E-state index in [0.717, 1.165) is 3.70 Å². The molecule has 0 aromatic carbocycles. The van der Waals surface area contributed by atoms with Gasteiger partial charge in [-0.05, 0) is 47.6 Å². The Balaban J connectivity index is 1.85. The number of alkyl halides is 3. The fraction of sp³-hybridized carbons (Fsp3) is 0.600. The lowest BCUT2D eigenvalue weighted by molar-refractivity contribution is -0.160. The molecule has 1 aliphatic rings. The Bertz CT molecular complexity index is 387. The lowest BCUT2D eigenvalue weighted by atomic mass is 10.0. The van der Waals surface area contributed by atoms with Gasteiger partial charge in [0.25, 0.3) is 0 Å². The Kier molecular flexibility index (Phi) is 4.25. The maximum absolute atomic E-state index is 12.4. The van der Waals surface area contributed by atoms with Crippen LogP contribution < -0.4 is 10.6 Å². The monoisotopic (exact) mass is 372 g/mol. The summed E-state index contributed by atoms with van der Waals surface area (Å²) in [7, 11) is 0. The molecule has 1 fully saturated rings. The second-order valence-corrected chi connectivity index (χ2v) is 5.27. The average molecular weight is 372 g/mol. The highest BCUT2D eigenvalue weighted by Gasteiger charge is 2.41. The van der Waals surface area contributed by atoms with E-state index < -0.39 is 12.2 Å². The normalized spacial score (nSPS) is 24.9. The van der Waals surface area contributed by atoms with E-state index in [0.29, 0.717) is 12.2 Å². The third-order valence-electron chi connectivity index (χ3n) is 2.79. The molecule has 1 aromatic heterocycles. The molecule has 1 saturated heterocycles. The summed E-state index contributed by atoms with van der Waals surface area (Å²) in [5.41, 5.74) is 0. The van der Waals surface area contributed by atoms with Crippen molar-refractivity contribution in [1.82, 2.24) is 15.5 Å². The van der Waals surface area contributed by atoms with Crippen molar-refractivity contribution in [3.63, 3.8) is 0 Å². The van der Waals surface area contributed by atoms with Crippen LogP contribution >= 0.6 is 22.6 Å². The second kappa shape index (κ2) is 5.55. The van der Waals surface area contributed by atoms with E-state index in [4.69, 9.17) is 0 Å². The quantitative estimate of drug-likeness (QED) is 0.782. The van der Waals surface area contributed by atoms with Crippen molar-refractivity contribution in [3.05, 3.63) is 15.8 Å². The van der Waals surface area contributed by atoms with E-state index in [9.17, 15) is 13.2 Å². The van der Waals surface area contributed by atoms with E-state index in [1.54, 1.807) is 12.1 Å². The predicted molar refractivity (Wildman–Crippen MR) is 69.2 cm³/mol. The third-order valence-corrected chi connectivity index (χ3v) is 3.37. The van der Waals surface area contributed by atoms with Crippen molar-refractivity contribution < 1.29 is 13.2 Å². The molecule has 4 nitrogen and oxygen atoms in total. The number of rotatable bonds is 2. The van der Waals surface area contributed by atoms with Crippen LogP contribution in [0.2, 0.25) is 0 Å². The van der Waals surface area contributed by atoms with E-state index in [2.05, 4.69) is 20.8 Å². The van der Waals surface area contributed by atoms with Crippen LogP contribution in [0.5, 0.6) is 0 Å². The smallest absolute Gasteiger partial charge is 0.365 e. The molecule has 0 bridgehead atoms. The molecule has 0 amide bonds. The van der Waals surface area contributed by atoms with Crippen molar-refractivity contribution in [3.8, 4) is 0 Å². The van der Waals surface area contributed by atoms with Crippen molar-refractivity contribution >= 4 is 28.4 Å². The van der Waals surface area contributed by atoms with Crippen molar-refractivity contribution in [2.45, 2.75) is 31.1 Å². The first-order valence-corrected chi connectivity index (χ1v) is 6.59. The molecule has 1 aliphatic heterocycles. The molecule has 0 spiro atoms. The van der Waals surface area contributed by atoms with E-state index >= 15 is 0 Å². The standard InChI is InChI=1S/C10H12F3IN4/c11-10(12,13)7-2-1-6(5-15-7)16-9-4-3-8(14)17-18-9/h3-4,6-7,15H,1-2,5H2,(H,16,18). The zero-order chi connectivity index (χ0) is 13.2. The van der Waals surface area contributed by atoms with E-state index in [-0.39, 0.29) is 19.0 Å². The number of anilines is 1. The molecular weight excluding hydrogens is 360 g/mol. The summed E-state index contributed by atoms with van der Waals surface area (Å²) < 4.78 is 38.1. The summed E-state index contributed by atoms with van der Waals surface area (Å²) >= 11 is 2.04. The summed E-state index contributed by atoms with van der Waals surface area (Å²) in [6.45, 7) is 0.276. The van der Waals surface area contributed by atoms with Gasteiger partial charge in [-0.15, -0.1) is 10.2 Å². The van der Waals surface area contributed by atoms with Gasteiger partial charge in [0.1, 0.15) is 15.6 Å². The Morgan fingerprint density at radius 1 is 1.28 bits per heavy atom. The number of halogens is 4. The molecule has 2 N–H and O–H groups in total. The first kappa shape index (κ1) is 13.8.